The van der Waals surface area contributed by atoms with E-state index in [1.165, 1.54) is 5.56 Å². The van der Waals surface area contributed by atoms with Gasteiger partial charge in [-0.05, 0) is 17.7 Å². The maximum Gasteiger partial charge on any atom is 0.162 e. The molecule has 2 aromatic carbocycles. The van der Waals surface area contributed by atoms with Crippen LogP contribution in [0.2, 0.25) is 0 Å². The number of nitrogens with zero attached hydrogens (tertiary/aromatic N) is 4. The Morgan fingerprint density at radius 2 is 1.48 bits per heavy atom. The van der Waals surface area contributed by atoms with E-state index in [0.717, 1.165) is 29.2 Å². The summed E-state index contributed by atoms with van der Waals surface area (Å²) in [7, 11) is 2.05. The van der Waals surface area contributed by atoms with Gasteiger partial charge in [0.05, 0.1) is 5.69 Å². The lowest BCUT2D eigenvalue weighted by molar-refractivity contribution is 0.893. The molecule has 4 nitrogen and oxygen atoms in total. The van der Waals surface area contributed by atoms with Crippen molar-refractivity contribution in [2.45, 2.75) is 6.54 Å². The van der Waals surface area contributed by atoms with E-state index in [1.807, 2.05) is 60.8 Å². The molecule has 4 heteroatoms. The summed E-state index contributed by atoms with van der Waals surface area (Å²) < 4.78 is 0. The van der Waals surface area contributed by atoms with E-state index in [0.29, 0.717) is 5.82 Å². The van der Waals surface area contributed by atoms with Crippen molar-refractivity contribution in [1.29, 1.82) is 0 Å². The molecule has 0 aliphatic carbocycles. The molecule has 0 bridgehead atoms. The van der Waals surface area contributed by atoms with Gasteiger partial charge in [0.1, 0.15) is 5.82 Å². The Morgan fingerprint density at radius 3 is 2.19 bits per heavy atom. The van der Waals surface area contributed by atoms with Gasteiger partial charge in [0, 0.05) is 43.2 Å². The lowest BCUT2D eigenvalue weighted by atomic mass is 10.1. The number of hydrogen-bond donors (Lipinski definition) is 0. The zero-order chi connectivity index (χ0) is 18.5. The molecule has 0 aliphatic rings. The van der Waals surface area contributed by atoms with Gasteiger partial charge in [0.2, 0.25) is 0 Å². The van der Waals surface area contributed by atoms with Crippen LogP contribution in [0.25, 0.3) is 22.6 Å². The number of rotatable bonds is 5. The van der Waals surface area contributed by atoms with E-state index in [1.54, 1.807) is 6.20 Å². The largest absolute Gasteiger partial charge is 0.355 e. The highest BCUT2D eigenvalue weighted by molar-refractivity contribution is 5.67. The lowest BCUT2D eigenvalue weighted by Crippen LogP contribution is -2.18. The molecule has 0 saturated carbocycles. The summed E-state index contributed by atoms with van der Waals surface area (Å²) in [6.07, 6.45) is 3.60. The fourth-order valence-electron chi connectivity index (χ4n) is 2.95. The molecule has 0 radical (unpaired) electrons. The predicted octanol–water partition coefficient (Wildman–Crippen LogP) is 4.84. The van der Waals surface area contributed by atoms with Crippen molar-refractivity contribution in [3.63, 3.8) is 0 Å². The Hall–Kier alpha value is -3.53. The van der Waals surface area contributed by atoms with E-state index < -0.39 is 0 Å². The Labute approximate surface area is 159 Å². The van der Waals surface area contributed by atoms with Crippen LogP contribution < -0.4 is 4.90 Å². The van der Waals surface area contributed by atoms with Gasteiger partial charge in [0.25, 0.3) is 0 Å². The first kappa shape index (κ1) is 16.9. The molecule has 0 atom stereocenters. The molecule has 2 aromatic heterocycles. The van der Waals surface area contributed by atoms with Crippen molar-refractivity contribution in [3.05, 3.63) is 96.8 Å². The third-order valence-corrected chi connectivity index (χ3v) is 4.36. The van der Waals surface area contributed by atoms with E-state index >= 15 is 0 Å². The molecule has 27 heavy (non-hydrogen) atoms. The van der Waals surface area contributed by atoms with E-state index in [9.17, 15) is 0 Å². The number of hydrogen-bond acceptors (Lipinski definition) is 4. The molecule has 0 N–H and O–H groups in total. The Bertz CT molecular complexity index is 944. The fraction of sp³-hybridized carbons (Fsp3) is 0.0870. The molecule has 0 aliphatic heterocycles. The van der Waals surface area contributed by atoms with E-state index in [4.69, 9.17) is 9.97 Å². The average Bonchev–Trinajstić information content (AvgIpc) is 2.75. The van der Waals surface area contributed by atoms with E-state index in [-0.39, 0.29) is 0 Å². The Kier molecular flexibility index (Phi) is 4.88. The monoisotopic (exact) mass is 352 g/mol. The quantitative estimate of drug-likeness (QED) is 0.515. The molecule has 0 spiro atoms. The van der Waals surface area contributed by atoms with Gasteiger partial charge >= 0.3 is 0 Å². The van der Waals surface area contributed by atoms with Crippen LogP contribution in [-0.4, -0.2) is 22.0 Å². The Morgan fingerprint density at radius 1 is 0.778 bits per heavy atom. The van der Waals surface area contributed by atoms with Crippen LogP contribution in [-0.2, 0) is 6.54 Å². The number of aromatic nitrogens is 3. The predicted molar refractivity (Wildman–Crippen MR) is 109 cm³/mol. The van der Waals surface area contributed by atoms with Crippen molar-refractivity contribution in [2.24, 2.45) is 0 Å². The summed E-state index contributed by atoms with van der Waals surface area (Å²) >= 11 is 0. The van der Waals surface area contributed by atoms with Crippen LogP contribution >= 0.6 is 0 Å². The maximum absolute atomic E-state index is 4.82. The molecule has 0 amide bonds. The molecule has 0 saturated heterocycles. The highest BCUT2D eigenvalue weighted by Crippen LogP contribution is 2.25. The zero-order valence-corrected chi connectivity index (χ0v) is 15.2. The van der Waals surface area contributed by atoms with Crippen molar-refractivity contribution in [3.8, 4) is 22.6 Å². The summed E-state index contributed by atoms with van der Waals surface area (Å²) in [5.41, 5.74) is 4.08. The number of benzene rings is 2. The summed E-state index contributed by atoms with van der Waals surface area (Å²) in [6, 6.07) is 26.4. The topological polar surface area (TPSA) is 41.9 Å². The van der Waals surface area contributed by atoms with Gasteiger partial charge in [0.15, 0.2) is 5.82 Å². The van der Waals surface area contributed by atoms with Crippen LogP contribution in [0.15, 0.2) is 91.3 Å². The van der Waals surface area contributed by atoms with Crippen LogP contribution in [0.1, 0.15) is 5.56 Å². The van der Waals surface area contributed by atoms with Crippen molar-refractivity contribution < 1.29 is 0 Å². The molecule has 132 valence electrons. The van der Waals surface area contributed by atoms with Gasteiger partial charge < -0.3 is 4.90 Å². The molecule has 0 fully saturated rings. The van der Waals surface area contributed by atoms with Crippen molar-refractivity contribution in [2.75, 3.05) is 11.9 Å². The van der Waals surface area contributed by atoms with Crippen LogP contribution in [0.5, 0.6) is 0 Å². The summed E-state index contributed by atoms with van der Waals surface area (Å²) in [5, 5.41) is 0. The molecule has 4 rings (SSSR count). The number of anilines is 1. The van der Waals surface area contributed by atoms with Crippen molar-refractivity contribution >= 4 is 5.82 Å². The van der Waals surface area contributed by atoms with Crippen molar-refractivity contribution in [1.82, 2.24) is 15.0 Å². The molecular formula is C23H20N4. The molecule has 4 aromatic rings. The van der Waals surface area contributed by atoms with Gasteiger partial charge in [-0.2, -0.15) is 0 Å². The first-order chi connectivity index (χ1) is 13.3. The third kappa shape index (κ3) is 4.01. The van der Waals surface area contributed by atoms with Gasteiger partial charge in [-0.15, -0.1) is 0 Å². The first-order valence-corrected chi connectivity index (χ1v) is 8.89. The molecule has 0 unspecified atom stereocenters. The second-order valence-electron chi connectivity index (χ2n) is 6.38. The standard InChI is InChI=1S/C23H20N4/c1-27(17-18-9-4-2-5-10-18)22-15-21(20-13-8-14-24-16-20)25-23(26-22)19-11-6-3-7-12-19/h2-16H,17H2,1H3. The van der Waals surface area contributed by atoms with Gasteiger partial charge in [-0.25, -0.2) is 9.97 Å². The fourth-order valence-corrected chi connectivity index (χ4v) is 2.95. The first-order valence-electron chi connectivity index (χ1n) is 8.89. The number of pyridine rings is 1. The minimum atomic E-state index is 0.715. The van der Waals surface area contributed by atoms with Gasteiger partial charge in [-0.1, -0.05) is 60.7 Å². The second-order valence-corrected chi connectivity index (χ2v) is 6.38. The summed E-state index contributed by atoms with van der Waals surface area (Å²) in [4.78, 5) is 16.0. The van der Waals surface area contributed by atoms with Crippen LogP contribution in [0.4, 0.5) is 5.82 Å². The highest BCUT2D eigenvalue weighted by Gasteiger charge is 2.12. The highest BCUT2D eigenvalue weighted by atomic mass is 15.2. The second kappa shape index (κ2) is 7.79. The zero-order valence-electron chi connectivity index (χ0n) is 15.2. The minimum Gasteiger partial charge on any atom is -0.355 e. The lowest BCUT2D eigenvalue weighted by Gasteiger charge is -2.20. The maximum atomic E-state index is 4.82. The molecular weight excluding hydrogens is 332 g/mol. The smallest absolute Gasteiger partial charge is 0.162 e. The summed E-state index contributed by atoms with van der Waals surface area (Å²) in [5.74, 6) is 1.60. The average molecular weight is 352 g/mol. The van der Waals surface area contributed by atoms with Crippen LogP contribution in [0, 0.1) is 0 Å². The van der Waals surface area contributed by atoms with Gasteiger partial charge in [-0.3, -0.25) is 4.98 Å². The van der Waals surface area contributed by atoms with Crippen LogP contribution in [0.3, 0.4) is 0 Å². The Balaban J connectivity index is 1.76. The van der Waals surface area contributed by atoms with E-state index in [2.05, 4.69) is 41.2 Å². The SMILES string of the molecule is CN(Cc1ccccc1)c1cc(-c2cccnc2)nc(-c2ccccc2)n1. The molecule has 2 heterocycles. The third-order valence-electron chi connectivity index (χ3n) is 4.36. The summed E-state index contributed by atoms with van der Waals surface area (Å²) in [6.45, 7) is 0.776. The normalized spacial score (nSPS) is 10.6. The minimum absolute atomic E-state index is 0.715.